The number of aryl methyl sites for hydroxylation is 1. The summed E-state index contributed by atoms with van der Waals surface area (Å²) in [6.45, 7) is 6.89. The SMILES string of the molecule is C[C@@H]1C[C@H]2OC(=O)C3[C@@H](O)CC[C@H]([C@@]1(C)CCc1ccoc1)[C@]32C. The normalized spacial score (nSPS) is 47.3. The molecule has 1 N–H and O–H groups in total. The van der Waals surface area contributed by atoms with Crippen molar-refractivity contribution in [2.45, 2.75) is 65.1 Å². The molecule has 2 saturated carbocycles. The minimum atomic E-state index is -0.546. The van der Waals surface area contributed by atoms with Gasteiger partial charge in [0.25, 0.3) is 0 Å². The van der Waals surface area contributed by atoms with Gasteiger partial charge in [0.1, 0.15) is 6.10 Å². The van der Waals surface area contributed by atoms with Crippen LogP contribution in [0, 0.1) is 28.6 Å². The van der Waals surface area contributed by atoms with Crippen molar-refractivity contribution in [3.63, 3.8) is 0 Å². The topological polar surface area (TPSA) is 59.7 Å². The molecule has 2 aliphatic carbocycles. The molecule has 1 aliphatic heterocycles. The molecule has 1 saturated heterocycles. The van der Waals surface area contributed by atoms with E-state index < -0.39 is 6.10 Å². The van der Waals surface area contributed by atoms with Gasteiger partial charge >= 0.3 is 5.97 Å². The van der Waals surface area contributed by atoms with Crippen molar-refractivity contribution in [2.24, 2.45) is 28.6 Å². The summed E-state index contributed by atoms with van der Waals surface area (Å²) in [5.74, 6) is 0.382. The molecule has 1 aromatic rings. The van der Waals surface area contributed by atoms with Crippen LogP contribution in [-0.4, -0.2) is 23.3 Å². The van der Waals surface area contributed by atoms with Gasteiger partial charge in [-0.05, 0) is 61.0 Å². The Kier molecular flexibility index (Phi) is 3.61. The van der Waals surface area contributed by atoms with Gasteiger partial charge in [-0.3, -0.25) is 4.79 Å². The molecular weight excluding hydrogens is 304 g/mol. The lowest BCUT2D eigenvalue weighted by atomic mass is 9.44. The molecule has 1 aromatic heterocycles. The smallest absolute Gasteiger partial charge is 0.312 e. The van der Waals surface area contributed by atoms with Gasteiger partial charge in [-0.1, -0.05) is 20.8 Å². The van der Waals surface area contributed by atoms with E-state index >= 15 is 0 Å². The molecular formula is C20H28O4. The summed E-state index contributed by atoms with van der Waals surface area (Å²) in [6, 6.07) is 2.04. The van der Waals surface area contributed by atoms with Crippen LogP contribution in [0.25, 0.3) is 0 Å². The summed E-state index contributed by atoms with van der Waals surface area (Å²) in [4.78, 5) is 12.4. The van der Waals surface area contributed by atoms with E-state index in [9.17, 15) is 9.90 Å². The van der Waals surface area contributed by atoms with Crippen LogP contribution in [0.2, 0.25) is 0 Å². The number of furan rings is 1. The zero-order valence-corrected chi connectivity index (χ0v) is 14.8. The van der Waals surface area contributed by atoms with Gasteiger partial charge in [0.05, 0.1) is 24.5 Å². The van der Waals surface area contributed by atoms with Crippen molar-refractivity contribution >= 4 is 5.97 Å². The molecule has 1 unspecified atom stereocenters. The number of carbonyl (C=O) groups is 1. The highest BCUT2D eigenvalue weighted by molar-refractivity contribution is 5.77. The fraction of sp³-hybridized carbons (Fsp3) is 0.750. The zero-order valence-electron chi connectivity index (χ0n) is 14.8. The first kappa shape index (κ1) is 16.2. The number of aliphatic hydroxyl groups is 1. The first-order chi connectivity index (χ1) is 11.4. The van der Waals surface area contributed by atoms with Crippen LogP contribution < -0.4 is 0 Å². The van der Waals surface area contributed by atoms with E-state index in [1.54, 1.807) is 6.26 Å². The number of ether oxygens (including phenoxy) is 1. The van der Waals surface area contributed by atoms with Crippen molar-refractivity contribution in [3.05, 3.63) is 24.2 Å². The quantitative estimate of drug-likeness (QED) is 0.860. The van der Waals surface area contributed by atoms with Gasteiger partial charge in [0.15, 0.2) is 0 Å². The van der Waals surface area contributed by atoms with E-state index in [1.165, 1.54) is 5.56 Å². The van der Waals surface area contributed by atoms with Gasteiger partial charge < -0.3 is 14.3 Å². The largest absolute Gasteiger partial charge is 0.472 e. The second-order valence-electron chi connectivity index (χ2n) is 8.74. The minimum absolute atomic E-state index is 0.0352. The van der Waals surface area contributed by atoms with Crippen LogP contribution in [0.1, 0.15) is 52.0 Å². The number of rotatable bonds is 3. The van der Waals surface area contributed by atoms with Crippen LogP contribution in [-0.2, 0) is 16.0 Å². The highest BCUT2D eigenvalue weighted by atomic mass is 16.6. The Morgan fingerprint density at radius 1 is 1.33 bits per heavy atom. The molecule has 7 atom stereocenters. The highest BCUT2D eigenvalue weighted by Crippen LogP contribution is 2.66. The molecule has 24 heavy (non-hydrogen) atoms. The van der Waals surface area contributed by atoms with Crippen molar-refractivity contribution in [1.29, 1.82) is 0 Å². The maximum atomic E-state index is 12.4. The first-order valence-corrected chi connectivity index (χ1v) is 9.27. The number of aliphatic hydroxyl groups excluding tert-OH is 1. The molecule has 3 fully saturated rings. The highest BCUT2D eigenvalue weighted by Gasteiger charge is 2.68. The van der Waals surface area contributed by atoms with Crippen LogP contribution in [0.3, 0.4) is 0 Å². The Balaban J connectivity index is 1.67. The van der Waals surface area contributed by atoms with Crippen molar-refractivity contribution in [2.75, 3.05) is 0 Å². The first-order valence-electron chi connectivity index (χ1n) is 9.27. The molecule has 3 aliphatic rings. The summed E-state index contributed by atoms with van der Waals surface area (Å²) in [6.07, 6.45) is 7.65. The summed E-state index contributed by atoms with van der Waals surface area (Å²) >= 11 is 0. The zero-order chi connectivity index (χ0) is 17.1. The van der Waals surface area contributed by atoms with Crippen LogP contribution >= 0.6 is 0 Å². The van der Waals surface area contributed by atoms with Crippen molar-refractivity contribution in [3.8, 4) is 0 Å². The van der Waals surface area contributed by atoms with Gasteiger partial charge in [-0.15, -0.1) is 0 Å². The number of hydrogen-bond acceptors (Lipinski definition) is 4. The van der Waals surface area contributed by atoms with Crippen LogP contribution in [0.5, 0.6) is 0 Å². The molecule has 4 heteroatoms. The van der Waals surface area contributed by atoms with Gasteiger partial charge in [0.2, 0.25) is 0 Å². The van der Waals surface area contributed by atoms with Crippen LogP contribution in [0.15, 0.2) is 23.0 Å². The lowest BCUT2D eigenvalue weighted by Gasteiger charge is -2.59. The van der Waals surface area contributed by atoms with Crippen molar-refractivity contribution < 1.29 is 19.1 Å². The van der Waals surface area contributed by atoms with E-state index in [-0.39, 0.29) is 28.8 Å². The Labute approximate surface area is 143 Å². The Morgan fingerprint density at radius 2 is 2.12 bits per heavy atom. The predicted molar refractivity (Wildman–Crippen MR) is 89.1 cm³/mol. The van der Waals surface area contributed by atoms with Crippen LogP contribution in [0.4, 0.5) is 0 Å². The molecule has 4 nitrogen and oxygen atoms in total. The maximum Gasteiger partial charge on any atom is 0.312 e. The van der Waals surface area contributed by atoms with Gasteiger partial charge in [0, 0.05) is 5.41 Å². The molecule has 0 bridgehead atoms. The second kappa shape index (κ2) is 5.35. The third-order valence-electron chi connectivity index (χ3n) is 7.78. The van der Waals surface area contributed by atoms with E-state index in [0.29, 0.717) is 18.3 Å². The molecule has 4 rings (SSSR count). The lowest BCUT2D eigenvalue weighted by Crippen LogP contribution is -2.59. The number of carbonyl (C=O) groups excluding carboxylic acids is 1. The minimum Gasteiger partial charge on any atom is -0.472 e. The average molecular weight is 332 g/mol. The van der Waals surface area contributed by atoms with Gasteiger partial charge in [-0.2, -0.15) is 0 Å². The van der Waals surface area contributed by atoms with E-state index in [4.69, 9.17) is 9.15 Å². The third kappa shape index (κ3) is 2.05. The fourth-order valence-electron chi connectivity index (χ4n) is 6.17. The average Bonchev–Trinajstić information content (AvgIpc) is 3.12. The molecule has 2 heterocycles. The molecule has 132 valence electrons. The summed E-state index contributed by atoms with van der Waals surface area (Å²) in [7, 11) is 0. The second-order valence-corrected chi connectivity index (χ2v) is 8.74. The monoisotopic (exact) mass is 332 g/mol. The van der Waals surface area contributed by atoms with E-state index in [2.05, 4.69) is 20.8 Å². The Hall–Kier alpha value is -1.29. The standard InChI is InChI=1S/C20H28O4/c1-12-10-16-20(3)15(5-4-14(21)17(20)18(22)24-16)19(12,2)8-6-13-7-9-23-11-13/h7,9,11-12,14-17,21H,4-6,8,10H2,1-3H3/t12-,14+,15-,16-,17?,19+,20+/m1/s1. The molecule has 0 amide bonds. The van der Waals surface area contributed by atoms with Gasteiger partial charge in [-0.25, -0.2) is 0 Å². The fourth-order valence-corrected chi connectivity index (χ4v) is 6.17. The molecule has 0 aromatic carbocycles. The van der Waals surface area contributed by atoms with Crippen molar-refractivity contribution in [1.82, 2.24) is 0 Å². The maximum absolute atomic E-state index is 12.4. The molecule has 0 spiro atoms. The van der Waals surface area contributed by atoms with E-state index in [1.807, 2.05) is 12.3 Å². The summed E-state index contributed by atoms with van der Waals surface area (Å²) < 4.78 is 11.0. The lowest BCUT2D eigenvalue weighted by molar-refractivity contribution is -0.155. The summed E-state index contributed by atoms with van der Waals surface area (Å²) in [5, 5.41) is 10.5. The number of hydrogen-bond donors (Lipinski definition) is 1. The Morgan fingerprint density at radius 3 is 2.83 bits per heavy atom. The third-order valence-corrected chi connectivity index (χ3v) is 7.78. The molecule has 0 radical (unpaired) electrons. The summed E-state index contributed by atoms with van der Waals surface area (Å²) in [5.41, 5.74) is 1.16. The van der Waals surface area contributed by atoms with E-state index in [0.717, 1.165) is 25.7 Å². The predicted octanol–water partition coefficient (Wildman–Crippen LogP) is 3.58. The Bertz CT molecular complexity index is 624. The number of esters is 1.